The smallest absolute Gasteiger partial charge is 0.293 e. The van der Waals surface area contributed by atoms with E-state index in [9.17, 15) is 4.79 Å². The van der Waals surface area contributed by atoms with Crippen molar-refractivity contribution in [2.24, 2.45) is 0 Å². The molecular weight excluding hydrogens is 222 g/mol. The summed E-state index contributed by atoms with van der Waals surface area (Å²) >= 11 is 0. The number of hydrogen-bond acceptors (Lipinski definition) is 5. The average molecular weight is 233 g/mol. The molecule has 0 radical (unpaired) electrons. The SMILES string of the molecule is O=C(c1nnc2cccnn12)N1CCOCC1. The normalized spacial score (nSPS) is 16.4. The second-order valence-electron chi connectivity index (χ2n) is 3.72. The Hall–Kier alpha value is -2.02. The van der Waals surface area contributed by atoms with Gasteiger partial charge in [0.05, 0.1) is 13.2 Å². The fraction of sp³-hybridized carbons (Fsp3) is 0.400. The van der Waals surface area contributed by atoms with Crippen LogP contribution >= 0.6 is 0 Å². The lowest BCUT2D eigenvalue weighted by atomic mass is 10.4. The van der Waals surface area contributed by atoms with Crippen LogP contribution in [0.3, 0.4) is 0 Å². The van der Waals surface area contributed by atoms with Gasteiger partial charge in [-0.15, -0.1) is 10.2 Å². The van der Waals surface area contributed by atoms with Crippen molar-refractivity contribution in [3.05, 3.63) is 24.2 Å². The summed E-state index contributed by atoms with van der Waals surface area (Å²) in [6, 6.07) is 3.52. The summed E-state index contributed by atoms with van der Waals surface area (Å²) in [4.78, 5) is 13.9. The summed E-state index contributed by atoms with van der Waals surface area (Å²) in [5.74, 6) is 0.0991. The summed E-state index contributed by atoms with van der Waals surface area (Å²) in [5.41, 5.74) is 0.573. The number of ether oxygens (including phenoxy) is 1. The van der Waals surface area contributed by atoms with E-state index in [1.807, 2.05) is 0 Å². The predicted octanol–water partition coefficient (Wildman–Crippen LogP) is -0.403. The molecule has 0 bridgehead atoms. The quantitative estimate of drug-likeness (QED) is 0.670. The van der Waals surface area contributed by atoms with Gasteiger partial charge in [0, 0.05) is 19.3 Å². The molecule has 1 amide bonds. The number of carbonyl (C=O) groups is 1. The lowest BCUT2D eigenvalue weighted by molar-refractivity contribution is 0.0293. The molecule has 3 rings (SSSR count). The van der Waals surface area contributed by atoms with Crippen LogP contribution in [0.1, 0.15) is 10.6 Å². The number of rotatable bonds is 1. The third-order valence-corrected chi connectivity index (χ3v) is 2.67. The van der Waals surface area contributed by atoms with Crippen LogP contribution < -0.4 is 0 Å². The standard InChI is InChI=1S/C10H11N5O2/c16-10(14-4-6-17-7-5-14)9-13-12-8-2-1-3-11-15(8)9/h1-3H,4-7H2. The molecule has 1 saturated heterocycles. The monoisotopic (exact) mass is 233 g/mol. The van der Waals surface area contributed by atoms with E-state index in [0.717, 1.165) is 0 Å². The minimum absolute atomic E-state index is 0.153. The van der Waals surface area contributed by atoms with Crippen LogP contribution in [-0.2, 0) is 4.74 Å². The molecule has 88 valence electrons. The molecule has 2 aromatic heterocycles. The highest BCUT2D eigenvalue weighted by Crippen LogP contribution is 2.06. The van der Waals surface area contributed by atoms with Gasteiger partial charge in [0.1, 0.15) is 0 Å². The molecule has 3 heterocycles. The first-order chi connectivity index (χ1) is 8.36. The Balaban J connectivity index is 1.95. The Bertz CT molecular complexity index is 546. The highest BCUT2D eigenvalue weighted by molar-refractivity contribution is 5.91. The van der Waals surface area contributed by atoms with Crippen molar-refractivity contribution in [3.63, 3.8) is 0 Å². The molecule has 0 N–H and O–H groups in total. The molecule has 7 heteroatoms. The van der Waals surface area contributed by atoms with Crippen molar-refractivity contribution >= 4 is 11.6 Å². The number of hydrogen-bond donors (Lipinski definition) is 0. The molecule has 1 aliphatic heterocycles. The van der Waals surface area contributed by atoms with Gasteiger partial charge < -0.3 is 9.64 Å². The Morgan fingerprint density at radius 1 is 1.29 bits per heavy atom. The van der Waals surface area contributed by atoms with Crippen LogP contribution in [0, 0.1) is 0 Å². The summed E-state index contributed by atoms with van der Waals surface area (Å²) in [5, 5.41) is 11.9. The van der Waals surface area contributed by atoms with Gasteiger partial charge in [0.25, 0.3) is 5.91 Å². The summed E-state index contributed by atoms with van der Waals surface area (Å²) in [6.45, 7) is 2.30. The second-order valence-corrected chi connectivity index (χ2v) is 3.72. The van der Waals surface area contributed by atoms with Gasteiger partial charge in [0.15, 0.2) is 5.65 Å². The third-order valence-electron chi connectivity index (χ3n) is 2.67. The molecule has 0 unspecified atom stereocenters. The Morgan fingerprint density at radius 2 is 2.12 bits per heavy atom. The fourth-order valence-electron chi connectivity index (χ4n) is 1.79. The lowest BCUT2D eigenvalue weighted by Gasteiger charge is -2.25. The lowest BCUT2D eigenvalue weighted by Crippen LogP contribution is -2.41. The number of carbonyl (C=O) groups excluding carboxylic acids is 1. The molecule has 0 aliphatic carbocycles. The van der Waals surface area contributed by atoms with Crippen molar-refractivity contribution in [2.45, 2.75) is 0 Å². The maximum Gasteiger partial charge on any atom is 0.293 e. The number of aromatic nitrogens is 4. The van der Waals surface area contributed by atoms with Gasteiger partial charge in [-0.2, -0.15) is 9.61 Å². The number of nitrogens with zero attached hydrogens (tertiary/aromatic N) is 5. The summed E-state index contributed by atoms with van der Waals surface area (Å²) < 4.78 is 6.66. The van der Waals surface area contributed by atoms with Gasteiger partial charge in [0.2, 0.25) is 5.82 Å². The van der Waals surface area contributed by atoms with Crippen LogP contribution in [0.15, 0.2) is 18.3 Å². The second kappa shape index (κ2) is 4.10. The zero-order valence-corrected chi connectivity index (χ0v) is 9.11. The van der Waals surface area contributed by atoms with Crippen LogP contribution in [0.4, 0.5) is 0 Å². The molecule has 17 heavy (non-hydrogen) atoms. The van der Waals surface area contributed by atoms with Crippen LogP contribution in [0.25, 0.3) is 5.65 Å². The van der Waals surface area contributed by atoms with Crippen molar-refractivity contribution < 1.29 is 9.53 Å². The largest absolute Gasteiger partial charge is 0.378 e. The molecule has 0 atom stereocenters. The number of amides is 1. The van der Waals surface area contributed by atoms with Gasteiger partial charge in [-0.05, 0) is 12.1 Å². The number of fused-ring (bicyclic) bond motifs is 1. The van der Waals surface area contributed by atoms with E-state index in [-0.39, 0.29) is 11.7 Å². The minimum atomic E-state index is -0.153. The first-order valence-electron chi connectivity index (χ1n) is 5.40. The van der Waals surface area contributed by atoms with E-state index in [1.165, 1.54) is 4.52 Å². The average Bonchev–Trinajstić information content (AvgIpc) is 2.83. The highest BCUT2D eigenvalue weighted by atomic mass is 16.5. The summed E-state index contributed by atoms with van der Waals surface area (Å²) in [7, 11) is 0. The third kappa shape index (κ3) is 1.74. The molecule has 2 aromatic rings. The van der Waals surface area contributed by atoms with E-state index in [2.05, 4.69) is 15.3 Å². The van der Waals surface area contributed by atoms with Crippen molar-refractivity contribution in [2.75, 3.05) is 26.3 Å². The molecule has 0 aromatic carbocycles. The fourth-order valence-corrected chi connectivity index (χ4v) is 1.79. The molecular formula is C10H11N5O2. The van der Waals surface area contributed by atoms with E-state index in [1.54, 1.807) is 23.2 Å². The zero-order chi connectivity index (χ0) is 11.7. The number of morpholine rings is 1. The maximum atomic E-state index is 12.2. The van der Waals surface area contributed by atoms with E-state index < -0.39 is 0 Å². The maximum absolute atomic E-state index is 12.2. The van der Waals surface area contributed by atoms with E-state index in [4.69, 9.17) is 4.74 Å². The highest BCUT2D eigenvalue weighted by Gasteiger charge is 2.23. The first kappa shape index (κ1) is 10.2. The van der Waals surface area contributed by atoms with Crippen molar-refractivity contribution in [1.29, 1.82) is 0 Å². The minimum Gasteiger partial charge on any atom is -0.378 e. The van der Waals surface area contributed by atoms with Crippen LogP contribution in [0.2, 0.25) is 0 Å². The summed E-state index contributed by atoms with van der Waals surface area (Å²) in [6.07, 6.45) is 1.60. The topological polar surface area (TPSA) is 72.6 Å². The van der Waals surface area contributed by atoms with Gasteiger partial charge in [-0.3, -0.25) is 4.79 Å². The Kier molecular flexibility index (Phi) is 2.45. The van der Waals surface area contributed by atoms with Crippen molar-refractivity contribution in [3.8, 4) is 0 Å². The Labute approximate surface area is 97.0 Å². The van der Waals surface area contributed by atoms with Gasteiger partial charge >= 0.3 is 0 Å². The van der Waals surface area contributed by atoms with Crippen molar-refractivity contribution in [1.82, 2.24) is 24.7 Å². The van der Waals surface area contributed by atoms with E-state index >= 15 is 0 Å². The molecule has 7 nitrogen and oxygen atoms in total. The van der Waals surface area contributed by atoms with E-state index in [0.29, 0.717) is 32.0 Å². The molecule has 1 aliphatic rings. The zero-order valence-electron chi connectivity index (χ0n) is 9.11. The Morgan fingerprint density at radius 3 is 2.94 bits per heavy atom. The molecule has 0 spiro atoms. The van der Waals surface area contributed by atoms with Gasteiger partial charge in [-0.25, -0.2) is 0 Å². The first-order valence-corrected chi connectivity index (χ1v) is 5.40. The van der Waals surface area contributed by atoms with Crippen LogP contribution in [0.5, 0.6) is 0 Å². The van der Waals surface area contributed by atoms with Gasteiger partial charge in [-0.1, -0.05) is 0 Å². The molecule has 1 fully saturated rings. The predicted molar refractivity (Wildman–Crippen MR) is 57.5 cm³/mol. The van der Waals surface area contributed by atoms with Crippen LogP contribution in [-0.4, -0.2) is 56.9 Å². The molecule has 0 saturated carbocycles.